The van der Waals surface area contributed by atoms with Crippen molar-refractivity contribution in [3.8, 4) is 0 Å². The average Bonchev–Trinajstić information content (AvgIpc) is 2.93. The first kappa shape index (κ1) is 14.8. The van der Waals surface area contributed by atoms with E-state index >= 15 is 0 Å². The molecule has 3 rings (SSSR count). The summed E-state index contributed by atoms with van der Waals surface area (Å²) in [7, 11) is 0. The quantitative estimate of drug-likeness (QED) is 0.899. The van der Waals surface area contributed by atoms with E-state index in [1.54, 1.807) is 6.20 Å². The zero-order chi connectivity index (χ0) is 13.1. The Morgan fingerprint density at radius 2 is 2.20 bits per heavy atom. The lowest BCUT2D eigenvalue weighted by Crippen LogP contribution is -2.37. The van der Waals surface area contributed by atoms with Crippen LogP contribution in [0.15, 0.2) is 30.7 Å². The van der Waals surface area contributed by atoms with Gasteiger partial charge in [-0.2, -0.15) is 0 Å². The standard InChI is InChI=1S/C14H18N4O.ClH/c19-14(12-1-4-15-5-2-12)17-10-11-3-7-18-8-6-16-13(18)9-11;/h3,6-9,12,15H,1-2,4-5,10H2,(H,17,19);1H. The number of rotatable bonds is 3. The van der Waals surface area contributed by atoms with Crippen LogP contribution in [0.5, 0.6) is 0 Å². The van der Waals surface area contributed by atoms with E-state index in [4.69, 9.17) is 0 Å². The fourth-order valence-electron chi connectivity index (χ4n) is 2.48. The van der Waals surface area contributed by atoms with E-state index in [-0.39, 0.29) is 24.2 Å². The second-order valence-electron chi connectivity index (χ2n) is 4.97. The molecule has 2 aromatic heterocycles. The SMILES string of the molecule is Cl.O=C(NCc1ccn2ccnc2c1)C1CCNCC1. The minimum atomic E-state index is 0. The van der Waals surface area contributed by atoms with Crippen molar-refractivity contribution in [3.63, 3.8) is 0 Å². The summed E-state index contributed by atoms with van der Waals surface area (Å²) in [5, 5.41) is 6.29. The van der Waals surface area contributed by atoms with Gasteiger partial charge in [0.25, 0.3) is 0 Å². The van der Waals surface area contributed by atoms with Gasteiger partial charge in [-0.1, -0.05) is 0 Å². The van der Waals surface area contributed by atoms with Gasteiger partial charge in [0.15, 0.2) is 0 Å². The first-order chi connectivity index (χ1) is 9.33. The van der Waals surface area contributed by atoms with Crippen LogP contribution in [-0.2, 0) is 11.3 Å². The molecule has 1 aliphatic heterocycles. The highest BCUT2D eigenvalue weighted by molar-refractivity contribution is 5.85. The van der Waals surface area contributed by atoms with E-state index in [9.17, 15) is 4.79 Å². The maximum Gasteiger partial charge on any atom is 0.223 e. The van der Waals surface area contributed by atoms with Gasteiger partial charge in [-0.15, -0.1) is 12.4 Å². The molecule has 20 heavy (non-hydrogen) atoms. The van der Waals surface area contributed by atoms with Crippen LogP contribution in [0.25, 0.3) is 5.65 Å². The summed E-state index contributed by atoms with van der Waals surface area (Å²) >= 11 is 0. The number of halogens is 1. The Morgan fingerprint density at radius 1 is 1.40 bits per heavy atom. The van der Waals surface area contributed by atoms with Crippen molar-refractivity contribution in [2.75, 3.05) is 13.1 Å². The molecule has 2 N–H and O–H groups in total. The third-order valence-electron chi connectivity index (χ3n) is 3.64. The highest BCUT2D eigenvalue weighted by Gasteiger charge is 2.20. The molecule has 0 atom stereocenters. The Morgan fingerprint density at radius 3 is 3.00 bits per heavy atom. The van der Waals surface area contributed by atoms with Gasteiger partial charge in [0, 0.05) is 31.1 Å². The number of aromatic nitrogens is 2. The maximum absolute atomic E-state index is 12.0. The molecule has 0 spiro atoms. The molecule has 108 valence electrons. The fourth-order valence-corrected chi connectivity index (χ4v) is 2.48. The summed E-state index contributed by atoms with van der Waals surface area (Å²) in [6.07, 6.45) is 7.52. The van der Waals surface area contributed by atoms with E-state index in [0.717, 1.165) is 37.1 Å². The topological polar surface area (TPSA) is 58.4 Å². The monoisotopic (exact) mass is 294 g/mol. The van der Waals surface area contributed by atoms with Crippen LogP contribution in [0.4, 0.5) is 0 Å². The van der Waals surface area contributed by atoms with E-state index in [0.29, 0.717) is 6.54 Å². The Kier molecular flexibility index (Phi) is 4.98. The zero-order valence-electron chi connectivity index (χ0n) is 11.2. The summed E-state index contributed by atoms with van der Waals surface area (Å²) < 4.78 is 1.96. The third kappa shape index (κ3) is 3.29. The molecular formula is C14H19ClN4O. The molecule has 0 saturated carbocycles. The van der Waals surface area contributed by atoms with Crippen molar-refractivity contribution in [2.45, 2.75) is 19.4 Å². The number of nitrogens with zero attached hydrogens (tertiary/aromatic N) is 2. The van der Waals surface area contributed by atoms with Crippen LogP contribution in [0.2, 0.25) is 0 Å². The van der Waals surface area contributed by atoms with Crippen LogP contribution in [0, 0.1) is 5.92 Å². The molecule has 3 heterocycles. The summed E-state index contributed by atoms with van der Waals surface area (Å²) in [4.78, 5) is 16.3. The number of hydrogen-bond acceptors (Lipinski definition) is 3. The lowest BCUT2D eigenvalue weighted by atomic mass is 9.97. The highest BCUT2D eigenvalue weighted by atomic mass is 35.5. The summed E-state index contributed by atoms with van der Waals surface area (Å²) in [5.74, 6) is 0.334. The Bertz CT molecular complexity index is 577. The molecule has 1 amide bonds. The van der Waals surface area contributed by atoms with Gasteiger partial charge in [0.1, 0.15) is 5.65 Å². The highest BCUT2D eigenvalue weighted by Crippen LogP contribution is 2.12. The van der Waals surface area contributed by atoms with Crippen LogP contribution in [-0.4, -0.2) is 28.4 Å². The fraction of sp³-hybridized carbons (Fsp3) is 0.429. The molecule has 1 fully saturated rings. The average molecular weight is 295 g/mol. The zero-order valence-corrected chi connectivity index (χ0v) is 12.0. The second kappa shape index (κ2) is 6.72. The summed E-state index contributed by atoms with van der Waals surface area (Å²) in [6, 6.07) is 4.01. The van der Waals surface area contributed by atoms with Gasteiger partial charge in [0.05, 0.1) is 0 Å². The maximum atomic E-state index is 12.0. The minimum absolute atomic E-state index is 0. The molecule has 0 unspecified atom stereocenters. The van der Waals surface area contributed by atoms with Gasteiger partial charge in [-0.25, -0.2) is 4.98 Å². The lowest BCUT2D eigenvalue weighted by Gasteiger charge is -2.21. The van der Waals surface area contributed by atoms with E-state index in [2.05, 4.69) is 15.6 Å². The summed E-state index contributed by atoms with van der Waals surface area (Å²) in [6.45, 7) is 2.46. The Labute approximate surface area is 124 Å². The predicted octanol–water partition coefficient (Wildman–Crippen LogP) is 1.37. The van der Waals surface area contributed by atoms with Gasteiger partial charge < -0.3 is 15.0 Å². The molecule has 0 bridgehead atoms. The molecule has 0 aliphatic carbocycles. The van der Waals surface area contributed by atoms with E-state index in [1.165, 1.54) is 0 Å². The van der Waals surface area contributed by atoms with Crippen molar-refractivity contribution in [3.05, 3.63) is 36.3 Å². The molecular weight excluding hydrogens is 276 g/mol. The van der Waals surface area contributed by atoms with Gasteiger partial charge >= 0.3 is 0 Å². The largest absolute Gasteiger partial charge is 0.352 e. The number of hydrogen-bond donors (Lipinski definition) is 2. The first-order valence-corrected chi connectivity index (χ1v) is 6.73. The number of amides is 1. The number of imidazole rings is 1. The van der Waals surface area contributed by atoms with Crippen molar-refractivity contribution in [2.24, 2.45) is 5.92 Å². The number of carbonyl (C=O) groups is 1. The lowest BCUT2D eigenvalue weighted by molar-refractivity contribution is -0.125. The predicted molar refractivity (Wildman–Crippen MR) is 79.9 cm³/mol. The van der Waals surface area contributed by atoms with Gasteiger partial charge in [-0.05, 0) is 43.6 Å². The van der Waals surface area contributed by atoms with Gasteiger partial charge in [-0.3, -0.25) is 4.79 Å². The van der Waals surface area contributed by atoms with Crippen molar-refractivity contribution in [1.82, 2.24) is 20.0 Å². The molecule has 0 aromatic carbocycles. The number of piperidine rings is 1. The molecule has 1 saturated heterocycles. The Hall–Kier alpha value is -1.59. The molecule has 2 aromatic rings. The number of fused-ring (bicyclic) bond motifs is 1. The molecule has 0 radical (unpaired) electrons. The van der Waals surface area contributed by atoms with Crippen LogP contribution in [0.1, 0.15) is 18.4 Å². The van der Waals surface area contributed by atoms with Crippen molar-refractivity contribution >= 4 is 24.0 Å². The van der Waals surface area contributed by atoms with E-state index < -0.39 is 0 Å². The minimum Gasteiger partial charge on any atom is -0.352 e. The second-order valence-corrected chi connectivity index (χ2v) is 4.97. The van der Waals surface area contributed by atoms with Gasteiger partial charge in [0.2, 0.25) is 5.91 Å². The van der Waals surface area contributed by atoms with Crippen LogP contribution < -0.4 is 10.6 Å². The van der Waals surface area contributed by atoms with E-state index in [1.807, 2.05) is 28.9 Å². The molecule has 6 heteroatoms. The van der Waals surface area contributed by atoms with Crippen LogP contribution >= 0.6 is 12.4 Å². The Balaban J connectivity index is 0.00000147. The number of pyridine rings is 1. The molecule has 5 nitrogen and oxygen atoms in total. The van der Waals surface area contributed by atoms with Crippen molar-refractivity contribution in [1.29, 1.82) is 0 Å². The number of carbonyl (C=O) groups excluding carboxylic acids is 1. The van der Waals surface area contributed by atoms with Crippen molar-refractivity contribution < 1.29 is 4.79 Å². The smallest absolute Gasteiger partial charge is 0.223 e. The summed E-state index contributed by atoms with van der Waals surface area (Å²) in [5.41, 5.74) is 1.99. The normalized spacial score (nSPS) is 15.8. The third-order valence-corrected chi connectivity index (χ3v) is 3.64. The molecule has 1 aliphatic rings. The number of nitrogens with one attached hydrogen (secondary N) is 2. The first-order valence-electron chi connectivity index (χ1n) is 6.73. The van der Waals surface area contributed by atoms with Crippen LogP contribution in [0.3, 0.4) is 0 Å².